The molecule has 1 saturated heterocycles. The highest BCUT2D eigenvalue weighted by atomic mass is 79.9. The Labute approximate surface area is 114 Å². The molecule has 0 N–H and O–H groups in total. The van der Waals surface area contributed by atoms with Gasteiger partial charge in [0.15, 0.2) is 0 Å². The average Bonchev–Trinajstić information content (AvgIpc) is 2.74. The fourth-order valence-corrected chi connectivity index (χ4v) is 3.64. The lowest BCUT2D eigenvalue weighted by Crippen LogP contribution is -2.31. The second kappa shape index (κ2) is 7.74. The molecule has 1 aliphatic heterocycles. The number of rotatable bonds is 8. The van der Waals surface area contributed by atoms with Crippen LogP contribution in [0.1, 0.15) is 39.0 Å². The summed E-state index contributed by atoms with van der Waals surface area (Å²) >= 11 is 3.47. The van der Waals surface area contributed by atoms with Gasteiger partial charge in [-0.25, -0.2) is 8.42 Å². The van der Waals surface area contributed by atoms with Crippen molar-refractivity contribution in [2.45, 2.75) is 45.1 Å². The summed E-state index contributed by atoms with van der Waals surface area (Å²) in [6, 6.07) is 0.692. The van der Waals surface area contributed by atoms with Crippen LogP contribution in [0.3, 0.4) is 0 Å². The van der Waals surface area contributed by atoms with Crippen molar-refractivity contribution >= 4 is 25.8 Å². The normalized spacial score (nSPS) is 22.1. The topological polar surface area (TPSA) is 37.4 Å². The SMILES string of the molecule is CCS(=O)(=O)CCCN1CCCC1CCCBr. The maximum atomic E-state index is 11.4. The molecule has 0 aromatic carbocycles. The Morgan fingerprint density at radius 2 is 2.12 bits per heavy atom. The Bertz CT molecular complexity index is 306. The highest BCUT2D eigenvalue weighted by Crippen LogP contribution is 2.21. The van der Waals surface area contributed by atoms with Crippen molar-refractivity contribution in [1.82, 2.24) is 4.90 Å². The van der Waals surface area contributed by atoms with Gasteiger partial charge in [-0.1, -0.05) is 22.9 Å². The summed E-state index contributed by atoms with van der Waals surface area (Å²) in [6.07, 6.45) is 5.81. The van der Waals surface area contributed by atoms with E-state index in [4.69, 9.17) is 0 Å². The Balaban J connectivity index is 2.26. The quantitative estimate of drug-likeness (QED) is 0.643. The fraction of sp³-hybridized carbons (Fsp3) is 1.00. The number of nitrogens with zero attached hydrogens (tertiary/aromatic N) is 1. The molecule has 1 rings (SSSR count). The van der Waals surface area contributed by atoms with Crippen molar-refractivity contribution in [2.24, 2.45) is 0 Å². The molecular weight excluding hydrogens is 302 g/mol. The predicted molar refractivity (Wildman–Crippen MR) is 76.6 cm³/mol. The minimum Gasteiger partial charge on any atom is -0.300 e. The van der Waals surface area contributed by atoms with Crippen molar-refractivity contribution in [1.29, 1.82) is 0 Å². The summed E-state index contributed by atoms with van der Waals surface area (Å²) in [5.41, 5.74) is 0. The first-order chi connectivity index (χ1) is 8.09. The number of likely N-dealkylation sites (tertiary alicyclic amines) is 1. The zero-order valence-electron chi connectivity index (χ0n) is 10.7. The Morgan fingerprint density at radius 1 is 1.35 bits per heavy atom. The van der Waals surface area contributed by atoms with E-state index < -0.39 is 9.84 Å². The fourth-order valence-electron chi connectivity index (χ4n) is 2.46. The van der Waals surface area contributed by atoms with Gasteiger partial charge in [0.2, 0.25) is 0 Å². The standard InChI is InChI=1S/C12H24BrNO2S/c1-2-17(15,16)11-5-10-14-9-4-7-12(14)6-3-8-13/h12H,2-11H2,1H3. The molecule has 5 heteroatoms. The minimum absolute atomic E-state index is 0.278. The van der Waals surface area contributed by atoms with Crippen molar-refractivity contribution in [3.8, 4) is 0 Å². The van der Waals surface area contributed by atoms with Crippen molar-refractivity contribution in [3.05, 3.63) is 0 Å². The van der Waals surface area contributed by atoms with Gasteiger partial charge in [-0.05, 0) is 45.2 Å². The first-order valence-electron chi connectivity index (χ1n) is 6.59. The molecule has 17 heavy (non-hydrogen) atoms. The van der Waals surface area contributed by atoms with Gasteiger partial charge in [0.1, 0.15) is 9.84 Å². The smallest absolute Gasteiger partial charge is 0.150 e. The molecule has 0 amide bonds. The van der Waals surface area contributed by atoms with Crippen LogP contribution in [0.2, 0.25) is 0 Å². The summed E-state index contributed by atoms with van der Waals surface area (Å²) in [6.45, 7) is 3.83. The summed E-state index contributed by atoms with van der Waals surface area (Å²) in [7, 11) is -2.78. The molecule has 0 spiro atoms. The van der Waals surface area contributed by atoms with E-state index in [-0.39, 0.29) is 5.75 Å². The van der Waals surface area contributed by atoms with Gasteiger partial charge in [0.05, 0.1) is 5.75 Å². The van der Waals surface area contributed by atoms with E-state index >= 15 is 0 Å². The van der Waals surface area contributed by atoms with Gasteiger partial charge in [0.25, 0.3) is 0 Å². The predicted octanol–water partition coefficient (Wildman–Crippen LogP) is 2.45. The molecule has 1 atom stereocenters. The summed E-state index contributed by atoms with van der Waals surface area (Å²) < 4.78 is 22.8. The third-order valence-corrected chi connectivity index (χ3v) is 5.86. The molecule has 1 heterocycles. The first kappa shape index (κ1) is 15.4. The molecule has 0 aromatic heterocycles. The second-order valence-electron chi connectivity index (χ2n) is 4.75. The zero-order chi connectivity index (χ0) is 12.7. The van der Waals surface area contributed by atoms with E-state index in [0.29, 0.717) is 11.8 Å². The number of hydrogen-bond acceptors (Lipinski definition) is 3. The molecule has 1 aliphatic rings. The summed E-state index contributed by atoms with van der Waals surface area (Å²) in [5.74, 6) is 0.630. The molecule has 102 valence electrons. The van der Waals surface area contributed by atoms with Gasteiger partial charge in [-0.2, -0.15) is 0 Å². The lowest BCUT2D eigenvalue weighted by atomic mass is 10.1. The lowest BCUT2D eigenvalue weighted by Gasteiger charge is -2.24. The van der Waals surface area contributed by atoms with E-state index in [1.165, 1.54) is 25.7 Å². The number of hydrogen-bond donors (Lipinski definition) is 0. The van der Waals surface area contributed by atoms with Crippen molar-refractivity contribution in [2.75, 3.05) is 29.9 Å². The maximum Gasteiger partial charge on any atom is 0.150 e. The molecule has 0 aliphatic carbocycles. The highest BCUT2D eigenvalue weighted by molar-refractivity contribution is 9.09. The largest absolute Gasteiger partial charge is 0.300 e. The second-order valence-corrected chi connectivity index (χ2v) is 8.02. The number of sulfone groups is 1. The number of alkyl halides is 1. The van der Waals surface area contributed by atoms with Crippen LogP contribution < -0.4 is 0 Å². The van der Waals surface area contributed by atoms with Gasteiger partial charge < -0.3 is 4.90 Å². The van der Waals surface area contributed by atoms with Crippen LogP contribution >= 0.6 is 15.9 Å². The zero-order valence-corrected chi connectivity index (χ0v) is 13.1. The minimum atomic E-state index is -2.78. The van der Waals surface area contributed by atoms with Gasteiger partial charge >= 0.3 is 0 Å². The van der Waals surface area contributed by atoms with E-state index in [1.807, 2.05) is 0 Å². The van der Waals surface area contributed by atoms with Crippen molar-refractivity contribution in [3.63, 3.8) is 0 Å². The van der Waals surface area contributed by atoms with Gasteiger partial charge in [-0.3, -0.25) is 0 Å². The molecule has 1 fully saturated rings. The van der Waals surface area contributed by atoms with E-state index in [0.717, 1.165) is 24.8 Å². The third kappa shape index (κ3) is 5.71. The molecule has 0 aromatic rings. The lowest BCUT2D eigenvalue weighted by molar-refractivity contribution is 0.243. The van der Waals surface area contributed by atoms with E-state index in [9.17, 15) is 8.42 Å². The van der Waals surface area contributed by atoms with Gasteiger partial charge in [0, 0.05) is 17.1 Å². The average molecular weight is 326 g/mol. The molecular formula is C12H24BrNO2S. The van der Waals surface area contributed by atoms with Crippen LogP contribution in [0.5, 0.6) is 0 Å². The van der Waals surface area contributed by atoms with Crippen LogP contribution in [0.4, 0.5) is 0 Å². The monoisotopic (exact) mass is 325 g/mol. The summed E-state index contributed by atoms with van der Waals surface area (Å²) in [5, 5.41) is 1.07. The van der Waals surface area contributed by atoms with Crippen LogP contribution in [0, 0.1) is 0 Å². The molecule has 0 saturated carbocycles. The van der Waals surface area contributed by atoms with Crippen LogP contribution in [0.15, 0.2) is 0 Å². The van der Waals surface area contributed by atoms with E-state index in [1.54, 1.807) is 6.92 Å². The van der Waals surface area contributed by atoms with Gasteiger partial charge in [-0.15, -0.1) is 0 Å². The van der Waals surface area contributed by atoms with Crippen LogP contribution in [0.25, 0.3) is 0 Å². The Hall–Kier alpha value is 0.390. The summed E-state index contributed by atoms with van der Waals surface area (Å²) in [4.78, 5) is 2.48. The maximum absolute atomic E-state index is 11.4. The third-order valence-electron chi connectivity index (χ3n) is 3.51. The van der Waals surface area contributed by atoms with E-state index in [2.05, 4.69) is 20.8 Å². The molecule has 3 nitrogen and oxygen atoms in total. The van der Waals surface area contributed by atoms with Crippen LogP contribution in [-0.2, 0) is 9.84 Å². The molecule has 1 unspecified atom stereocenters. The first-order valence-corrected chi connectivity index (χ1v) is 9.54. The van der Waals surface area contributed by atoms with Crippen molar-refractivity contribution < 1.29 is 8.42 Å². The Morgan fingerprint density at radius 3 is 2.76 bits per heavy atom. The number of halogens is 1. The highest BCUT2D eigenvalue weighted by Gasteiger charge is 2.23. The molecule has 0 bridgehead atoms. The Kier molecular flexibility index (Phi) is 7.04. The van der Waals surface area contributed by atoms with Crippen LogP contribution in [-0.4, -0.2) is 49.3 Å². The molecule has 0 radical (unpaired) electrons.